The predicted octanol–water partition coefficient (Wildman–Crippen LogP) is -0.556. The summed E-state index contributed by atoms with van der Waals surface area (Å²) in [5.74, 6) is 0.167. The number of rotatable bonds is 3. The fraction of sp³-hybridized carbons (Fsp3) is 0.846. The minimum Gasteiger partial charge on any atom is -0.372 e. The number of piperidine rings is 1. The Bertz CT molecular complexity index is 348. The monoisotopic (exact) mass is 269 g/mol. The number of hydrogen-bond donors (Lipinski definition) is 1. The van der Waals surface area contributed by atoms with E-state index in [1.165, 1.54) is 0 Å². The summed E-state index contributed by atoms with van der Waals surface area (Å²) in [6, 6.07) is 0.163. The van der Waals surface area contributed by atoms with Gasteiger partial charge in [-0.05, 0) is 19.8 Å². The van der Waals surface area contributed by atoms with Crippen molar-refractivity contribution >= 4 is 11.8 Å². The molecule has 2 saturated heterocycles. The maximum atomic E-state index is 12.1. The molecule has 0 aromatic heterocycles. The highest BCUT2D eigenvalue weighted by atomic mass is 16.5. The molecule has 1 N–H and O–H groups in total. The first kappa shape index (κ1) is 14.3. The number of nitrogens with zero attached hydrogens (tertiary/aromatic N) is 2. The van der Waals surface area contributed by atoms with Gasteiger partial charge in [-0.1, -0.05) is 0 Å². The summed E-state index contributed by atoms with van der Waals surface area (Å²) in [4.78, 5) is 27.8. The van der Waals surface area contributed by atoms with E-state index in [0.29, 0.717) is 13.1 Å². The van der Waals surface area contributed by atoms with Gasteiger partial charge >= 0.3 is 0 Å². The second-order valence-electron chi connectivity index (χ2n) is 5.22. The smallest absolute Gasteiger partial charge is 0.251 e. The zero-order valence-electron chi connectivity index (χ0n) is 11.7. The number of ether oxygens (including phenoxy) is 1. The number of amides is 2. The quantitative estimate of drug-likeness (QED) is 0.746. The van der Waals surface area contributed by atoms with E-state index in [2.05, 4.69) is 5.32 Å². The topological polar surface area (TPSA) is 61.9 Å². The van der Waals surface area contributed by atoms with Crippen LogP contribution in [0.1, 0.15) is 19.8 Å². The third-order valence-electron chi connectivity index (χ3n) is 3.98. The van der Waals surface area contributed by atoms with E-state index in [0.717, 1.165) is 32.5 Å². The summed E-state index contributed by atoms with van der Waals surface area (Å²) in [6.45, 7) is 5.17. The van der Waals surface area contributed by atoms with Gasteiger partial charge in [0.25, 0.3) is 5.91 Å². The Morgan fingerprint density at radius 1 is 1.47 bits per heavy atom. The fourth-order valence-electron chi connectivity index (χ4n) is 2.77. The Kier molecular flexibility index (Phi) is 4.76. The first-order valence-electron chi connectivity index (χ1n) is 6.95. The number of carbonyl (C=O) groups excluding carboxylic acids is 2. The van der Waals surface area contributed by atoms with Gasteiger partial charge in [0.05, 0.1) is 6.54 Å². The van der Waals surface area contributed by atoms with Crippen molar-refractivity contribution in [1.82, 2.24) is 15.1 Å². The Hall–Kier alpha value is -1.14. The molecule has 2 aliphatic rings. The standard InChI is InChI=1S/C13H23N3O3/c1-10(19-2)13(18)15-6-3-4-11(9-15)16-7-5-14-8-12(16)17/h10-11,14H,3-9H2,1-2H3. The van der Waals surface area contributed by atoms with E-state index in [1.54, 1.807) is 14.0 Å². The van der Waals surface area contributed by atoms with Crippen molar-refractivity contribution in [2.24, 2.45) is 0 Å². The van der Waals surface area contributed by atoms with E-state index >= 15 is 0 Å². The maximum absolute atomic E-state index is 12.1. The molecule has 2 heterocycles. The highest BCUT2D eigenvalue weighted by Crippen LogP contribution is 2.18. The molecule has 2 aliphatic heterocycles. The molecule has 0 radical (unpaired) electrons. The number of carbonyl (C=O) groups is 2. The lowest BCUT2D eigenvalue weighted by Gasteiger charge is -2.41. The Morgan fingerprint density at radius 2 is 2.26 bits per heavy atom. The van der Waals surface area contributed by atoms with Crippen LogP contribution in [0.5, 0.6) is 0 Å². The van der Waals surface area contributed by atoms with Crippen LogP contribution < -0.4 is 5.32 Å². The molecular weight excluding hydrogens is 246 g/mol. The lowest BCUT2D eigenvalue weighted by molar-refractivity contribution is -0.146. The molecule has 0 aromatic carbocycles. The van der Waals surface area contributed by atoms with Crippen LogP contribution in [0, 0.1) is 0 Å². The molecule has 2 fully saturated rings. The van der Waals surface area contributed by atoms with Crippen LogP contribution in [0.4, 0.5) is 0 Å². The molecule has 0 aliphatic carbocycles. The molecule has 2 atom stereocenters. The average molecular weight is 269 g/mol. The van der Waals surface area contributed by atoms with Gasteiger partial charge < -0.3 is 19.9 Å². The van der Waals surface area contributed by atoms with Gasteiger partial charge in [-0.3, -0.25) is 9.59 Å². The Balaban J connectivity index is 1.96. The number of hydrogen-bond acceptors (Lipinski definition) is 4. The summed E-state index contributed by atoms with van der Waals surface area (Å²) in [5, 5.41) is 3.07. The van der Waals surface area contributed by atoms with Gasteiger partial charge in [0.2, 0.25) is 5.91 Å². The predicted molar refractivity (Wildman–Crippen MR) is 70.7 cm³/mol. The zero-order chi connectivity index (χ0) is 13.8. The van der Waals surface area contributed by atoms with Gasteiger partial charge in [-0.25, -0.2) is 0 Å². The molecule has 2 amide bonds. The Morgan fingerprint density at radius 3 is 2.95 bits per heavy atom. The first-order chi connectivity index (χ1) is 9.13. The van der Waals surface area contributed by atoms with Gasteiger partial charge in [0.1, 0.15) is 6.10 Å². The molecule has 2 rings (SSSR count). The first-order valence-corrected chi connectivity index (χ1v) is 6.95. The van der Waals surface area contributed by atoms with Crippen LogP contribution in [-0.2, 0) is 14.3 Å². The van der Waals surface area contributed by atoms with Crippen molar-refractivity contribution in [3.63, 3.8) is 0 Å². The molecule has 0 bridgehead atoms. The van der Waals surface area contributed by atoms with E-state index in [-0.39, 0.29) is 17.9 Å². The highest BCUT2D eigenvalue weighted by Gasteiger charge is 2.32. The summed E-state index contributed by atoms with van der Waals surface area (Å²) < 4.78 is 5.09. The summed E-state index contributed by atoms with van der Waals surface area (Å²) in [5.41, 5.74) is 0. The normalized spacial score (nSPS) is 26.4. The van der Waals surface area contributed by atoms with Crippen molar-refractivity contribution in [3.8, 4) is 0 Å². The molecule has 6 nitrogen and oxygen atoms in total. The SMILES string of the molecule is COC(C)C(=O)N1CCCC(N2CCNCC2=O)C1. The third kappa shape index (κ3) is 3.25. The van der Waals surface area contributed by atoms with Crippen LogP contribution in [0.15, 0.2) is 0 Å². The number of nitrogens with one attached hydrogen (secondary N) is 1. The van der Waals surface area contributed by atoms with Crippen molar-refractivity contribution in [1.29, 1.82) is 0 Å². The van der Waals surface area contributed by atoms with Crippen molar-refractivity contribution in [3.05, 3.63) is 0 Å². The molecule has 2 unspecified atom stereocenters. The van der Waals surface area contributed by atoms with Crippen molar-refractivity contribution in [2.75, 3.05) is 39.8 Å². The molecule has 6 heteroatoms. The lowest BCUT2D eigenvalue weighted by atomic mass is 10.0. The second-order valence-corrected chi connectivity index (χ2v) is 5.22. The number of likely N-dealkylation sites (tertiary alicyclic amines) is 1. The van der Waals surface area contributed by atoms with E-state index in [9.17, 15) is 9.59 Å². The van der Waals surface area contributed by atoms with E-state index in [1.807, 2.05) is 9.80 Å². The largest absolute Gasteiger partial charge is 0.372 e. The molecule has 0 aromatic rings. The maximum Gasteiger partial charge on any atom is 0.251 e. The third-order valence-corrected chi connectivity index (χ3v) is 3.98. The summed E-state index contributed by atoms with van der Waals surface area (Å²) in [6.07, 6.45) is 1.53. The van der Waals surface area contributed by atoms with Crippen LogP contribution >= 0.6 is 0 Å². The molecule has 0 saturated carbocycles. The second kappa shape index (κ2) is 6.34. The zero-order valence-corrected chi connectivity index (χ0v) is 11.7. The van der Waals surface area contributed by atoms with E-state index in [4.69, 9.17) is 4.74 Å². The van der Waals surface area contributed by atoms with Crippen LogP contribution in [0.2, 0.25) is 0 Å². The van der Waals surface area contributed by atoms with Crippen LogP contribution in [0.25, 0.3) is 0 Å². The number of methoxy groups -OCH3 is 1. The average Bonchev–Trinajstić information content (AvgIpc) is 2.46. The van der Waals surface area contributed by atoms with E-state index < -0.39 is 6.10 Å². The van der Waals surface area contributed by atoms with Gasteiger partial charge in [-0.2, -0.15) is 0 Å². The van der Waals surface area contributed by atoms with Crippen LogP contribution in [-0.4, -0.2) is 73.6 Å². The lowest BCUT2D eigenvalue weighted by Crippen LogP contribution is -2.58. The van der Waals surface area contributed by atoms with Crippen molar-refractivity contribution < 1.29 is 14.3 Å². The molecule has 19 heavy (non-hydrogen) atoms. The molecule has 108 valence electrons. The fourth-order valence-corrected chi connectivity index (χ4v) is 2.77. The minimum absolute atomic E-state index is 0.0229. The molecule has 0 spiro atoms. The molecular formula is C13H23N3O3. The summed E-state index contributed by atoms with van der Waals surface area (Å²) in [7, 11) is 1.55. The highest BCUT2D eigenvalue weighted by molar-refractivity contribution is 5.81. The minimum atomic E-state index is -0.405. The summed E-state index contributed by atoms with van der Waals surface area (Å²) >= 11 is 0. The van der Waals surface area contributed by atoms with Gasteiger partial charge in [0.15, 0.2) is 0 Å². The van der Waals surface area contributed by atoms with Crippen LogP contribution in [0.3, 0.4) is 0 Å². The van der Waals surface area contributed by atoms with Crippen molar-refractivity contribution in [2.45, 2.75) is 31.9 Å². The van der Waals surface area contributed by atoms with Gasteiger partial charge in [-0.15, -0.1) is 0 Å². The van der Waals surface area contributed by atoms with Gasteiger partial charge in [0, 0.05) is 39.3 Å². The Labute approximate surface area is 114 Å². The number of piperazine rings is 1.